The zero-order valence-electron chi connectivity index (χ0n) is 11.9. The molecule has 0 spiro atoms. The maximum absolute atomic E-state index is 13.0. The lowest BCUT2D eigenvalue weighted by Crippen LogP contribution is -2.38. The predicted octanol–water partition coefficient (Wildman–Crippen LogP) is 1.56. The summed E-state index contributed by atoms with van der Waals surface area (Å²) in [5.41, 5.74) is -0.0555. The molecule has 0 bridgehead atoms. The minimum atomic E-state index is -3.46. The standard InChI is InChI=1S/C14H18F2N2O3S/c15-12-6-5-10(9-13(12)16)14(19)17-7-8-22(20,21)18-11-3-1-2-4-11/h5-6,9,11,18H,1-4,7-8H2,(H,17,19). The van der Waals surface area contributed by atoms with Gasteiger partial charge >= 0.3 is 0 Å². The first-order chi connectivity index (χ1) is 10.4. The normalized spacial score (nSPS) is 15.9. The van der Waals surface area contributed by atoms with E-state index < -0.39 is 27.6 Å². The van der Waals surface area contributed by atoms with Crippen molar-refractivity contribution in [3.63, 3.8) is 0 Å². The molecule has 0 unspecified atom stereocenters. The first-order valence-corrected chi connectivity index (χ1v) is 8.76. The molecular formula is C14H18F2N2O3S. The fraction of sp³-hybridized carbons (Fsp3) is 0.500. The molecule has 0 heterocycles. The van der Waals surface area contributed by atoms with Gasteiger partial charge in [-0.2, -0.15) is 0 Å². The zero-order valence-corrected chi connectivity index (χ0v) is 12.8. The van der Waals surface area contributed by atoms with Gasteiger partial charge in [-0.05, 0) is 31.0 Å². The van der Waals surface area contributed by atoms with E-state index in [0.717, 1.165) is 43.9 Å². The summed E-state index contributed by atoms with van der Waals surface area (Å²) in [6.45, 7) is -0.0973. The van der Waals surface area contributed by atoms with Crippen molar-refractivity contribution >= 4 is 15.9 Å². The van der Waals surface area contributed by atoms with Crippen LogP contribution in [0.2, 0.25) is 0 Å². The van der Waals surface area contributed by atoms with Crippen LogP contribution in [0.4, 0.5) is 8.78 Å². The largest absolute Gasteiger partial charge is 0.351 e. The Bertz CT molecular complexity index is 643. The van der Waals surface area contributed by atoms with Gasteiger partial charge < -0.3 is 5.32 Å². The van der Waals surface area contributed by atoms with Crippen LogP contribution in [0.5, 0.6) is 0 Å². The Balaban J connectivity index is 1.81. The quantitative estimate of drug-likeness (QED) is 0.830. The van der Waals surface area contributed by atoms with Crippen molar-refractivity contribution < 1.29 is 22.0 Å². The van der Waals surface area contributed by atoms with Gasteiger partial charge in [0.1, 0.15) is 0 Å². The van der Waals surface area contributed by atoms with Gasteiger partial charge in [-0.25, -0.2) is 21.9 Å². The fourth-order valence-corrected chi connectivity index (χ4v) is 3.63. The molecule has 0 radical (unpaired) electrons. The van der Waals surface area contributed by atoms with Crippen LogP contribution in [-0.2, 0) is 10.0 Å². The Kier molecular flexibility index (Phi) is 5.47. The minimum absolute atomic E-state index is 0.0214. The molecular weight excluding hydrogens is 314 g/mol. The van der Waals surface area contributed by atoms with Crippen LogP contribution in [0.15, 0.2) is 18.2 Å². The Labute approximate surface area is 128 Å². The fourth-order valence-electron chi connectivity index (χ4n) is 2.39. The summed E-state index contributed by atoms with van der Waals surface area (Å²) in [4.78, 5) is 11.7. The Morgan fingerprint density at radius 1 is 1.18 bits per heavy atom. The number of hydrogen-bond donors (Lipinski definition) is 2. The van der Waals surface area contributed by atoms with E-state index in [2.05, 4.69) is 10.0 Å². The predicted molar refractivity (Wildman–Crippen MR) is 77.9 cm³/mol. The second-order valence-electron chi connectivity index (χ2n) is 5.30. The van der Waals surface area contributed by atoms with Crippen molar-refractivity contribution in [3.8, 4) is 0 Å². The lowest BCUT2D eigenvalue weighted by atomic mass is 10.2. The molecule has 1 aromatic rings. The number of rotatable bonds is 6. The van der Waals surface area contributed by atoms with E-state index in [1.807, 2.05) is 0 Å². The average Bonchev–Trinajstić information content (AvgIpc) is 2.93. The van der Waals surface area contributed by atoms with Crippen LogP contribution in [0.25, 0.3) is 0 Å². The van der Waals surface area contributed by atoms with Crippen LogP contribution in [0.1, 0.15) is 36.0 Å². The first kappa shape index (κ1) is 16.8. The van der Waals surface area contributed by atoms with E-state index >= 15 is 0 Å². The van der Waals surface area contributed by atoms with Gasteiger partial charge in [-0.1, -0.05) is 12.8 Å². The summed E-state index contributed by atoms with van der Waals surface area (Å²) in [6.07, 6.45) is 3.70. The first-order valence-electron chi connectivity index (χ1n) is 7.10. The summed E-state index contributed by atoms with van der Waals surface area (Å²) in [5.74, 6) is -3.06. The number of carbonyl (C=O) groups excluding carboxylic acids is 1. The highest BCUT2D eigenvalue weighted by Gasteiger charge is 2.21. The average molecular weight is 332 g/mol. The van der Waals surface area contributed by atoms with Crippen molar-refractivity contribution in [1.82, 2.24) is 10.0 Å². The molecule has 0 atom stereocenters. The summed E-state index contributed by atoms with van der Waals surface area (Å²) >= 11 is 0. The molecule has 1 aliphatic carbocycles. The van der Waals surface area contributed by atoms with Crippen LogP contribution in [0.3, 0.4) is 0 Å². The van der Waals surface area contributed by atoms with E-state index in [9.17, 15) is 22.0 Å². The SMILES string of the molecule is O=C(NCCS(=O)(=O)NC1CCCC1)c1ccc(F)c(F)c1. The topological polar surface area (TPSA) is 75.3 Å². The molecule has 2 rings (SSSR count). The molecule has 1 amide bonds. The maximum atomic E-state index is 13.0. The number of amides is 1. The zero-order chi connectivity index (χ0) is 16.2. The van der Waals surface area contributed by atoms with E-state index in [4.69, 9.17) is 0 Å². The van der Waals surface area contributed by atoms with Gasteiger partial charge in [0.25, 0.3) is 5.91 Å². The summed E-state index contributed by atoms with van der Waals surface area (Å²) in [6, 6.07) is 2.74. The molecule has 1 aliphatic rings. The molecule has 0 aliphatic heterocycles. The highest BCUT2D eigenvalue weighted by molar-refractivity contribution is 7.89. The van der Waals surface area contributed by atoms with Crippen LogP contribution in [0, 0.1) is 11.6 Å². The van der Waals surface area contributed by atoms with Gasteiger partial charge in [0.2, 0.25) is 10.0 Å². The van der Waals surface area contributed by atoms with E-state index in [1.165, 1.54) is 0 Å². The van der Waals surface area contributed by atoms with Crippen LogP contribution < -0.4 is 10.0 Å². The molecule has 5 nitrogen and oxygen atoms in total. The second-order valence-corrected chi connectivity index (χ2v) is 7.18. The lowest BCUT2D eigenvalue weighted by Gasteiger charge is -2.12. The molecule has 0 aromatic heterocycles. The van der Waals surface area contributed by atoms with Crippen molar-refractivity contribution in [2.75, 3.05) is 12.3 Å². The summed E-state index contributed by atoms with van der Waals surface area (Å²) in [7, 11) is -3.46. The van der Waals surface area contributed by atoms with Crippen molar-refractivity contribution in [1.29, 1.82) is 0 Å². The lowest BCUT2D eigenvalue weighted by molar-refractivity contribution is 0.0955. The third-order valence-electron chi connectivity index (χ3n) is 3.54. The van der Waals surface area contributed by atoms with E-state index in [0.29, 0.717) is 0 Å². The smallest absolute Gasteiger partial charge is 0.251 e. The molecule has 22 heavy (non-hydrogen) atoms. The molecule has 1 aromatic carbocycles. The number of hydrogen-bond acceptors (Lipinski definition) is 3. The number of benzene rings is 1. The maximum Gasteiger partial charge on any atom is 0.251 e. The van der Waals surface area contributed by atoms with Gasteiger partial charge in [0, 0.05) is 18.2 Å². The Hall–Kier alpha value is -1.54. The van der Waals surface area contributed by atoms with Crippen molar-refractivity contribution in [2.45, 2.75) is 31.7 Å². The number of nitrogens with one attached hydrogen (secondary N) is 2. The number of halogens is 2. The summed E-state index contributed by atoms with van der Waals surface area (Å²) < 4.78 is 52.0. The van der Waals surface area contributed by atoms with Crippen LogP contribution >= 0.6 is 0 Å². The highest BCUT2D eigenvalue weighted by Crippen LogP contribution is 2.18. The molecule has 122 valence electrons. The van der Waals surface area contributed by atoms with Crippen molar-refractivity contribution in [3.05, 3.63) is 35.4 Å². The van der Waals surface area contributed by atoms with Crippen LogP contribution in [-0.4, -0.2) is 32.7 Å². The molecule has 1 saturated carbocycles. The summed E-state index contributed by atoms with van der Waals surface area (Å²) in [5, 5.41) is 2.38. The van der Waals surface area contributed by atoms with Gasteiger partial charge in [0.05, 0.1) is 5.75 Å². The third kappa shape index (κ3) is 4.74. The minimum Gasteiger partial charge on any atom is -0.351 e. The molecule has 2 N–H and O–H groups in total. The van der Waals surface area contributed by atoms with Gasteiger partial charge in [0.15, 0.2) is 11.6 Å². The van der Waals surface area contributed by atoms with E-state index in [1.54, 1.807) is 0 Å². The molecule has 8 heteroatoms. The van der Waals surface area contributed by atoms with Gasteiger partial charge in [-0.15, -0.1) is 0 Å². The Morgan fingerprint density at radius 2 is 1.86 bits per heavy atom. The third-order valence-corrected chi connectivity index (χ3v) is 4.97. The Morgan fingerprint density at radius 3 is 2.50 bits per heavy atom. The number of carbonyl (C=O) groups is 1. The highest BCUT2D eigenvalue weighted by atomic mass is 32.2. The van der Waals surface area contributed by atoms with Gasteiger partial charge in [-0.3, -0.25) is 4.79 Å². The van der Waals surface area contributed by atoms with E-state index in [-0.39, 0.29) is 23.9 Å². The second kappa shape index (κ2) is 7.15. The monoisotopic (exact) mass is 332 g/mol. The van der Waals surface area contributed by atoms with Crippen molar-refractivity contribution in [2.24, 2.45) is 0 Å². The molecule has 0 saturated heterocycles. The number of sulfonamides is 1. The molecule has 1 fully saturated rings.